The van der Waals surface area contributed by atoms with E-state index in [-0.39, 0.29) is 17.2 Å². The van der Waals surface area contributed by atoms with E-state index < -0.39 is 0 Å². The molecule has 0 spiro atoms. The molecule has 0 N–H and O–H groups in total. The fourth-order valence-electron chi connectivity index (χ4n) is 2.97. The molecule has 3 aromatic rings. The van der Waals surface area contributed by atoms with Gasteiger partial charge in [-0.05, 0) is 36.2 Å². The number of anilines is 1. The highest BCUT2D eigenvalue weighted by molar-refractivity contribution is 6.05. The highest BCUT2D eigenvalue weighted by Crippen LogP contribution is 2.28. The summed E-state index contributed by atoms with van der Waals surface area (Å²) in [5.41, 5.74) is 2.71. The Morgan fingerprint density at radius 2 is 1.67 bits per heavy atom. The molecule has 1 aromatic heterocycles. The van der Waals surface area contributed by atoms with Gasteiger partial charge in [-0.1, -0.05) is 36.4 Å². The lowest BCUT2D eigenvalue weighted by molar-refractivity contribution is 0.0983. The first-order valence-corrected chi connectivity index (χ1v) is 7.79. The summed E-state index contributed by atoms with van der Waals surface area (Å²) in [6, 6.07) is 19.8. The van der Waals surface area contributed by atoms with Crippen LogP contribution in [0.2, 0.25) is 0 Å². The van der Waals surface area contributed by atoms with Gasteiger partial charge in [0.25, 0.3) is 11.5 Å². The summed E-state index contributed by atoms with van der Waals surface area (Å²) in [6.07, 6.45) is 0.834. The molecule has 0 unspecified atom stereocenters. The number of amides is 1. The summed E-state index contributed by atoms with van der Waals surface area (Å²) in [5.74, 6) is -0.190. The summed E-state index contributed by atoms with van der Waals surface area (Å²) in [5, 5.41) is 4.27. The molecule has 5 heteroatoms. The van der Waals surface area contributed by atoms with Gasteiger partial charge in [-0.2, -0.15) is 9.78 Å². The second-order valence-electron chi connectivity index (χ2n) is 5.64. The van der Waals surface area contributed by atoms with E-state index in [4.69, 9.17) is 0 Å². The van der Waals surface area contributed by atoms with E-state index in [9.17, 15) is 9.59 Å². The van der Waals surface area contributed by atoms with Gasteiger partial charge in [0, 0.05) is 18.3 Å². The zero-order chi connectivity index (χ0) is 16.5. The molecule has 118 valence electrons. The fourth-order valence-corrected chi connectivity index (χ4v) is 2.97. The predicted molar refractivity (Wildman–Crippen MR) is 91.7 cm³/mol. The number of rotatable bonds is 2. The average molecular weight is 317 g/mol. The molecule has 0 radical (unpaired) electrons. The minimum Gasteiger partial charge on any atom is -0.306 e. The molecule has 0 atom stereocenters. The number of para-hydroxylation sites is 2. The first-order chi connectivity index (χ1) is 11.7. The Bertz CT molecular complexity index is 964. The standard InChI is InChI=1S/C19H15N3O2/c23-18-11-10-16(20-22(18)15-7-2-1-3-8-15)19(24)21-13-12-14-6-4-5-9-17(14)21/h1-11H,12-13H2. The zero-order valence-corrected chi connectivity index (χ0v) is 12.9. The Hall–Kier alpha value is -3.21. The lowest BCUT2D eigenvalue weighted by atomic mass is 10.2. The first kappa shape index (κ1) is 14.4. The summed E-state index contributed by atoms with van der Waals surface area (Å²) in [4.78, 5) is 26.7. The topological polar surface area (TPSA) is 55.2 Å². The van der Waals surface area contributed by atoms with Crippen LogP contribution in [-0.4, -0.2) is 22.2 Å². The van der Waals surface area contributed by atoms with Crippen LogP contribution in [0.3, 0.4) is 0 Å². The molecule has 1 aliphatic heterocycles. The Labute approximate surface area is 138 Å². The summed E-state index contributed by atoms with van der Waals surface area (Å²) in [7, 11) is 0. The minimum absolute atomic E-state index is 0.190. The second kappa shape index (κ2) is 5.77. The molecular weight excluding hydrogens is 302 g/mol. The molecule has 1 aliphatic rings. The van der Waals surface area contributed by atoms with Crippen LogP contribution in [-0.2, 0) is 6.42 Å². The Kier molecular flexibility index (Phi) is 3.46. The van der Waals surface area contributed by atoms with Crippen LogP contribution in [0.25, 0.3) is 5.69 Å². The maximum Gasteiger partial charge on any atom is 0.278 e. The molecule has 5 nitrogen and oxygen atoms in total. The van der Waals surface area contributed by atoms with Gasteiger partial charge in [0.05, 0.1) is 5.69 Å². The van der Waals surface area contributed by atoms with E-state index in [1.165, 1.54) is 16.8 Å². The van der Waals surface area contributed by atoms with Crippen molar-refractivity contribution in [3.63, 3.8) is 0 Å². The quantitative estimate of drug-likeness (QED) is 0.729. The molecule has 0 saturated heterocycles. The molecular formula is C19H15N3O2. The van der Waals surface area contributed by atoms with Gasteiger partial charge in [-0.3, -0.25) is 9.59 Å². The SMILES string of the molecule is O=C(c1ccc(=O)n(-c2ccccc2)n1)N1CCc2ccccc21. The highest BCUT2D eigenvalue weighted by atomic mass is 16.2. The van der Waals surface area contributed by atoms with Crippen LogP contribution in [0.15, 0.2) is 71.5 Å². The average Bonchev–Trinajstić information content (AvgIpc) is 3.06. The first-order valence-electron chi connectivity index (χ1n) is 7.79. The Balaban J connectivity index is 1.73. The largest absolute Gasteiger partial charge is 0.306 e. The molecule has 0 fully saturated rings. The summed E-state index contributed by atoms with van der Waals surface area (Å²) < 4.78 is 1.26. The third-order valence-corrected chi connectivity index (χ3v) is 4.15. The van der Waals surface area contributed by atoms with Gasteiger partial charge < -0.3 is 4.90 Å². The summed E-state index contributed by atoms with van der Waals surface area (Å²) in [6.45, 7) is 0.629. The minimum atomic E-state index is -0.264. The number of benzene rings is 2. The van der Waals surface area contributed by atoms with Gasteiger partial charge in [-0.25, -0.2) is 0 Å². The molecule has 0 aliphatic carbocycles. The molecule has 2 heterocycles. The van der Waals surface area contributed by atoms with Crippen LogP contribution in [0, 0.1) is 0 Å². The maximum absolute atomic E-state index is 12.9. The Morgan fingerprint density at radius 1 is 0.917 bits per heavy atom. The van der Waals surface area contributed by atoms with Crippen LogP contribution >= 0.6 is 0 Å². The number of hydrogen-bond acceptors (Lipinski definition) is 3. The van der Waals surface area contributed by atoms with E-state index in [0.29, 0.717) is 12.2 Å². The predicted octanol–water partition coefficient (Wildman–Crippen LogP) is 2.44. The van der Waals surface area contributed by atoms with E-state index in [1.807, 2.05) is 42.5 Å². The van der Waals surface area contributed by atoms with Crippen LogP contribution < -0.4 is 10.5 Å². The smallest absolute Gasteiger partial charge is 0.278 e. The normalized spacial score (nSPS) is 12.9. The number of carbonyl (C=O) groups excluding carboxylic acids is 1. The third kappa shape index (κ3) is 2.40. The van der Waals surface area contributed by atoms with Gasteiger partial charge in [0.1, 0.15) is 5.69 Å². The molecule has 2 aromatic carbocycles. The van der Waals surface area contributed by atoms with E-state index in [0.717, 1.165) is 17.7 Å². The number of nitrogens with zero attached hydrogens (tertiary/aromatic N) is 3. The fraction of sp³-hybridized carbons (Fsp3) is 0.105. The Morgan fingerprint density at radius 3 is 2.50 bits per heavy atom. The van der Waals surface area contributed by atoms with E-state index in [1.54, 1.807) is 17.0 Å². The number of fused-ring (bicyclic) bond motifs is 1. The lowest BCUT2D eigenvalue weighted by Crippen LogP contribution is -2.32. The zero-order valence-electron chi connectivity index (χ0n) is 12.9. The number of hydrogen-bond donors (Lipinski definition) is 0. The maximum atomic E-state index is 12.9. The molecule has 0 bridgehead atoms. The van der Waals surface area contributed by atoms with Crippen molar-refractivity contribution in [1.29, 1.82) is 0 Å². The van der Waals surface area contributed by atoms with Crippen molar-refractivity contribution in [3.8, 4) is 5.69 Å². The van der Waals surface area contributed by atoms with Crippen LogP contribution in [0.5, 0.6) is 0 Å². The number of carbonyl (C=O) groups is 1. The number of aromatic nitrogens is 2. The van der Waals surface area contributed by atoms with E-state index in [2.05, 4.69) is 5.10 Å². The third-order valence-electron chi connectivity index (χ3n) is 4.15. The van der Waals surface area contributed by atoms with Crippen molar-refractivity contribution in [2.45, 2.75) is 6.42 Å². The van der Waals surface area contributed by atoms with Crippen molar-refractivity contribution in [3.05, 3.63) is 88.3 Å². The van der Waals surface area contributed by atoms with Crippen molar-refractivity contribution in [2.24, 2.45) is 0 Å². The van der Waals surface area contributed by atoms with Gasteiger partial charge in [0.15, 0.2) is 0 Å². The molecule has 1 amide bonds. The van der Waals surface area contributed by atoms with Crippen LogP contribution in [0.1, 0.15) is 16.1 Å². The highest BCUT2D eigenvalue weighted by Gasteiger charge is 2.26. The van der Waals surface area contributed by atoms with Gasteiger partial charge >= 0.3 is 0 Å². The van der Waals surface area contributed by atoms with Crippen molar-refractivity contribution >= 4 is 11.6 Å². The van der Waals surface area contributed by atoms with Crippen LogP contribution in [0.4, 0.5) is 5.69 Å². The van der Waals surface area contributed by atoms with Crippen molar-refractivity contribution < 1.29 is 4.79 Å². The molecule has 4 rings (SSSR count). The second-order valence-corrected chi connectivity index (χ2v) is 5.64. The van der Waals surface area contributed by atoms with Gasteiger partial charge in [0.2, 0.25) is 0 Å². The van der Waals surface area contributed by atoms with Crippen molar-refractivity contribution in [2.75, 3.05) is 11.4 Å². The van der Waals surface area contributed by atoms with Gasteiger partial charge in [-0.15, -0.1) is 0 Å². The molecule has 24 heavy (non-hydrogen) atoms. The molecule has 0 saturated carbocycles. The van der Waals surface area contributed by atoms with Crippen molar-refractivity contribution in [1.82, 2.24) is 9.78 Å². The summed E-state index contributed by atoms with van der Waals surface area (Å²) >= 11 is 0. The lowest BCUT2D eigenvalue weighted by Gasteiger charge is -2.17. The van der Waals surface area contributed by atoms with E-state index >= 15 is 0 Å². The monoisotopic (exact) mass is 317 g/mol.